The first-order valence-corrected chi connectivity index (χ1v) is 8.20. The first-order valence-electron chi connectivity index (χ1n) is 8.20. The van der Waals surface area contributed by atoms with Crippen LogP contribution in [0.3, 0.4) is 0 Å². The highest BCUT2D eigenvalue weighted by atomic mass is 16.2. The van der Waals surface area contributed by atoms with Gasteiger partial charge in [-0.1, -0.05) is 20.8 Å². The van der Waals surface area contributed by atoms with Crippen LogP contribution in [-0.2, 0) is 12.5 Å². The fraction of sp³-hybridized carbons (Fsp3) is 0.529. The highest BCUT2D eigenvalue weighted by molar-refractivity contribution is 5.89. The SMILES string of the molecule is Cn1cc([C@@H]2CCN(C(=O)Nc3cnc(C(C)(C)C)nc3)C2)cn1. The fourth-order valence-corrected chi connectivity index (χ4v) is 2.85. The number of aryl methyl sites for hydroxylation is 1. The van der Waals surface area contributed by atoms with Crippen LogP contribution in [0.15, 0.2) is 24.8 Å². The van der Waals surface area contributed by atoms with Gasteiger partial charge in [-0.2, -0.15) is 5.10 Å². The largest absolute Gasteiger partial charge is 0.324 e. The molecule has 7 heteroatoms. The number of aromatic nitrogens is 4. The summed E-state index contributed by atoms with van der Waals surface area (Å²) in [5.41, 5.74) is 1.71. The number of urea groups is 1. The first-order chi connectivity index (χ1) is 11.3. The highest BCUT2D eigenvalue weighted by Crippen LogP contribution is 2.27. The van der Waals surface area contributed by atoms with E-state index in [2.05, 4.69) is 41.2 Å². The summed E-state index contributed by atoms with van der Waals surface area (Å²) in [5, 5.41) is 7.09. The quantitative estimate of drug-likeness (QED) is 0.919. The summed E-state index contributed by atoms with van der Waals surface area (Å²) in [5.74, 6) is 1.11. The minimum atomic E-state index is -0.103. The second-order valence-corrected chi connectivity index (χ2v) is 7.35. The molecule has 24 heavy (non-hydrogen) atoms. The van der Waals surface area contributed by atoms with Gasteiger partial charge in [0.2, 0.25) is 0 Å². The molecule has 0 spiro atoms. The Hall–Kier alpha value is -2.44. The summed E-state index contributed by atoms with van der Waals surface area (Å²) in [6.45, 7) is 7.63. The fourth-order valence-electron chi connectivity index (χ4n) is 2.85. The van der Waals surface area contributed by atoms with Gasteiger partial charge >= 0.3 is 6.03 Å². The summed E-state index contributed by atoms with van der Waals surface area (Å²) in [6, 6.07) is -0.103. The van der Waals surface area contributed by atoms with Crippen molar-refractivity contribution in [3.05, 3.63) is 36.2 Å². The molecule has 0 aromatic carbocycles. The molecule has 0 saturated carbocycles. The summed E-state index contributed by atoms with van der Waals surface area (Å²) in [6.07, 6.45) is 8.19. The molecule has 128 valence electrons. The average molecular weight is 328 g/mol. The van der Waals surface area contributed by atoms with Crippen LogP contribution in [-0.4, -0.2) is 43.8 Å². The van der Waals surface area contributed by atoms with Crippen molar-refractivity contribution in [2.45, 2.75) is 38.5 Å². The predicted molar refractivity (Wildman–Crippen MR) is 91.9 cm³/mol. The smallest absolute Gasteiger partial charge is 0.321 e. The van der Waals surface area contributed by atoms with Crippen molar-refractivity contribution in [2.75, 3.05) is 18.4 Å². The van der Waals surface area contributed by atoms with Gasteiger partial charge in [-0.15, -0.1) is 0 Å². The van der Waals surface area contributed by atoms with Crippen LogP contribution in [0.25, 0.3) is 0 Å². The Morgan fingerprint density at radius 2 is 1.96 bits per heavy atom. The van der Waals surface area contributed by atoms with E-state index in [4.69, 9.17) is 0 Å². The summed E-state index contributed by atoms with van der Waals surface area (Å²) >= 11 is 0. The zero-order valence-electron chi connectivity index (χ0n) is 14.7. The van der Waals surface area contributed by atoms with Crippen LogP contribution < -0.4 is 5.32 Å². The minimum absolute atomic E-state index is 0.103. The van der Waals surface area contributed by atoms with E-state index in [0.29, 0.717) is 18.2 Å². The first kappa shape index (κ1) is 16.4. The number of anilines is 1. The molecule has 1 aliphatic heterocycles. The lowest BCUT2D eigenvalue weighted by atomic mass is 9.96. The van der Waals surface area contributed by atoms with E-state index in [9.17, 15) is 4.79 Å². The Balaban J connectivity index is 1.59. The maximum atomic E-state index is 12.4. The lowest BCUT2D eigenvalue weighted by Gasteiger charge is -2.18. The van der Waals surface area contributed by atoms with E-state index < -0.39 is 0 Å². The van der Waals surface area contributed by atoms with E-state index >= 15 is 0 Å². The van der Waals surface area contributed by atoms with Crippen LogP contribution in [0.4, 0.5) is 10.5 Å². The molecule has 3 heterocycles. The molecule has 2 aromatic heterocycles. The molecule has 3 rings (SSSR count). The van der Waals surface area contributed by atoms with Gasteiger partial charge in [0.25, 0.3) is 0 Å². The van der Waals surface area contributed by atoms with Crippen molar-refractivity contribution in [1.82, 2.24) is 24.6 Å². The standard InChI is InChI=1S/C17H24N6O/c1-17(2,3)15-18-8-14(9-19-15)21-16(24)23-6-5-12(11-23)13-7-20-22(4)10-13/h7-10,12H,5-6,11H2,1-4H3,(H,21,24)/t12-/m1/s1. The van der Waals surface area contributed by atoms with E-state index in [1.165, 1.54) is 5.56 Å². The molecule has 1 aliphatic rings. The van der Waals surface area contributed by atoms with E-state index in [0.717, 1.165) is 18.8 Å². The number of carbonyl (C=O) groups excluding carboxylic acids is 1. The third-order valence-corrected chi connectivity index (χ3v) is 4.25. The second kappa shape index (κ2) is 6.22. The van der Waals surface area contributed by atoms with Gasteiger partial charge in [0, 0.05) is 37.7 Å². The monoisotopic (exact) mass is 328 g/mol. The molecule has 1 saturated heterocycles. The number of nitrogens with zero attached hydrogens (tertiary/aromatic N) is 5. The van der Waals surface area contributed by atoms with Crippen molar-refractivity contribution in [3.8, 4) is 0 Å². The van der Waals surface area contributed by atoms with Gasteiger partial charge in [-0.05, 0) is 12.0 Å². The maximum absolute atomic E-state index is 12.4. The minimum Gasteiger partial charge on any atom is -0.324 e. The Kier molecular flexibility index (Phi) is 4.26. The molecule has 1 N–H and O–H groups in total. The van der Waals surface area contributed by atoms with Crippen LogP contribution in [0, 0.1) is 0 Å². The molecule has 2 aromatic rings. The van der Waals surface area contributed by atoms with Crippen LogP contribution >= 0.6 is 0 Å². The van der Waals surface area contributed by atoms with Gasteiger partial charge in [-0.25, -0.2) is 14.8 Å². The van der Waals surface area contributed by atoms with Gasteiger partial charge < -0.3 is 10.2 Å². The molecule has 0 unspecified atom stereocenters. The predicted octanol–water partition coefficient (Wildman–Crippen LogP) is 2.53. The number of amides is 2. The molecule has 7 nitrogen and oxygen atoms in total. The third-order valence-electron chi connectivity index (χ3n) is 4.25. The molecule has 0 radical (unpaired) electrons. The van der Waals surface area contributed by atoms with E-state index in [-0.39, 0.29) is 11.4 Å². The van der Waals surface area contributed by atoms with Crippen LogP contribution in [0.5, 0.6) is 0 Å². The van der Waals surface area contributed by atoms with Gasteiger partial charge in [-0.3, -0.25) is 4.68 Å². The van der Waals surface area contributed by atoms with Crippen molar-refractivity contribution in [1.29, 1.82) is 0 Å². The summed E-state index contributed by atoms with van der Waals surface area (Å²) < 4.78 is 1.80. The molecule has 0 bridgehead atoms. The average Bonchev–Trinajstić information content (AvgIpc) is 3.15. The van der Waals surface area contributed by atoms with Crippen molar-refractivity contribution in [2.24, 2.45) is 7.05 Å². The maximum Gasteiger partial charge on any atom is 0.321 e. The van der Waals surface area contributed by atoms with Crippen LogP contribution in [0.2, 0.25) is 0 Å². The van der Waals surface area contributed by atoms with Gasteiger partial charge in [0.05, 0.1) is 24.3 Å². The number of carbonyl (C=O) groups is 1. The molecule has 1 fully saturated rings. The second-order valence-electron chi connectivity index (χ2n) is 7.35. The zero-order valence-corrected chi connectivity index (χ0v) is 14.7. The van der Waals surface area contributed by atoms with Crippen LogP contribution in [0.1, 0.15) is 44.5 Å². The van der Waals surface area contributed by atoms with Gasteiger partial charge in [0.15, 0.2) is 0 Å². The lowest BCUT2D eigenvalue weighted by Crippen LogP contribution is -2.33. The Labute approximate surface area is 142 Å². The third kappa shape index (κ3) is 3.55. The number of hydrogen-bond acceptors (Lipinski definition) is 4. The molecule has 0 aliphatic carbocycles. The van der Waals surface area contributed by atoms with Crippen molar-refractivity contribution < 1.29 is 4.79 Å². The number of hydrogen-bond donors (Lipinski definition) is 1. The van der Waals surface area contributed by atoms with E-state index in [1.807, 2.05) is 24.3 Å². The Morgan fingerprint density at radius 3 is 2.54 bits per heavy atom. The topological polar surface area (TPSA) is 75.9 Å². The van der Waals surface area contributed by atoms with Crippen molar-refractivity contribution >= 4 is 11.7 Å². The summed E-state index contributed by atoms with van der Waals surface area (Å²) in [7, 11) is 1.91. The molecular formula is C17H24N6O. The Bertz CT molecular complexity index is 715. The molecular weight excluding hydrogens is 304 g/mol. The normalized spacial score (nSPS) is 18.0. The van der Waals surface area contributed by atoms with Gasteiger partial charge in [0.1, 0.15) is 5.82 Å². The number of likely N-dealkylation sites (tertiary alicyclic amines) is 1. The zero-order chi connectivity index (χ0) is 17.3. The number of rotatable bonds is 2. The number of nitrogens with one attached hydrogen (secondary N) is 1. The Morgan fingerprint density at radius 1 is 1.25 bits per heavy atom. The molecule has 1 atom stereocenters. The van der Waals surface area contributed by atoms with Crippen molar-refractivity contribution in [3.63, 3.8) is 0 Å². The summed E-state index contributed by atoms with van der Waals surface area (Å²) in [4.78, 5) is 22.9. The lowest BCUT2D eigenvalue weighted by molar-refractivity contribution is 0.222. The van der Waals surface area contributed by atoms with E-state index in [1.54, 1.807) is 17.1 Å². The molecule has 2 amide bonds. The highest BCUT2D eigenvalue weighted by Gasteiger charge is 2.28.